The summed E-state index contributed by atoms with van der Waals surface area (Å²) >= 11 is 6.28. The van der Waals surface area contributed by atoms with E-state index in [9.17, 15) is 14.0 Å². The number of carbonyl (C=O) groups is 2. The lowest BCUT2D eigenvalue weighted by Crippen LogP contribution is -2.39. The highest BCUT2D eigenvalue weighted by atomic mass is 35.5. The van der Waals surface area contributed by atoms with E-state index in [4.69, 9.17) is 25.8 Å². The molecule has 0 bridgehead atoms. The largest absolute Gasteiger partial charge is 0.493 e. The molecule has 1 N–H and O–H groups in total. The van der Waals surface area contributed by atoms with Crippen molar-refractivity contribution in [3.8, 4) is 17.2 Å². The van der Waals surface area contributed by atoms with Gasteiger partial charge in [0, 0.05) is 21.8 Å². The standard InChI is InChI=1S/C25H22ClFN2O5/c1-32-20-10-15(11-21(33-2)24(20)34-3)25(31)29-13-22(30)28-19-9-6-16(26)12-18(19)23(29)14-4-7-17(27)8-5-14/h4-12,23H,13H2,1-3H3,(H,28,30)/t23-/m1/s1. The third-order valence-electron chi connectivity index (χ3n) is 5.57. The summed E-state index contributed by atoms with van der Waals surface area (Å²) in [6.45, 7) is -0.246. The van der Waals surface area contributed by atoms with E-state index in [1.54, 1.807) is 30.3 Å². The van der Waals surface area contributed by atoms with Crippen LogP contribution in [0.2, 0.25) is 5.02 Å². The van der Waals surface area contributed by atoms with E-state index in [1.807, 2.05) is 0 Å². The maximum absolute atomic E-state index is 13.9. The van der Waals surface area contributed by atoms with Gasteiger partial charge in [-0.05, 0) is 48.0 Å². The number of anilines is 1. The fraction of sp³-hybridized carbons (Fsp3) is 0.200. The van der Waals surface area contributed by atoms with Gasteiger partial charge in [0.1, 0.15) is 12.4 Å². The Hall–Kier alpha value is -3.78. The highest BCUT2D eigenvalue weighted by Crippen LogP contribution is 2.41. The van der Waals surface area contributed by atoms with E-state index in [1.165, 1.54) is 50.5 Å². The maximum Gasteiger partial charge on any atom is 0.255 e. The summed E-state index contributed by atoms with van der Waals surface area (Å²) in [6, 6.07) is 13.1. The average molecular weight is 485 g/mol. The molecular formula is C25H22ClFN2O5. The van der Waals surface area contributed by atoms with Gasteiger partial charge in [-0.1, -0.05) is 23.7 Å². The zero-order chi connectivity index (χ0) is 24.4. The SMILES string of the molecule is COc1cc(C(=O)N2CC(=O)Nc3ccc(Cl)cc3[C@H]2c2ccc(F)cc2)cc(OC)c1OC. The monoisotopic (exact) mass is 484 g/mol. The van der Waals surface area contributed by atoms with Gasteiger partial charge in [-0.2, -0.15) is 0 Å². The Kier molecular flexibility index (Phi) is 6.61. The van der Waals surface area contributed by atoms with E-state index in [-0.39, 0.29) is 18.0 Å². The van der Waals surface area contributed by atoms with Crippen LogP contribution in [-0.4, -0.2) is 44.6 Å². The highest BCUT2D eigenvalue weighted by Gasteiger charge is 2.35. The Morgan fingerprint density at radius 2 is 1.65 bits per heavy atom. The van der Waals surface area contributed by atoms with Gasteiger partial charge in [-0.15, -0.1) is 0 Å². The molecule has 0 fully saturated rings. The molecule has 34 heavy (non-hydrogen) atoms. The van der Waals surface area contributed by atoms with Crippen LogP contribution in [0, 0.1) is 5.82 Å². The topological polar surface area (TPSA) is 77.1 Å². The molecule has 1 aliphatic heterocycles. The van der Waals surface area contributed by atoms with Gasteiger partial charge in [0.2, 0.25) is 11.7 Å². The van der Waals surface area contributed by atoms with E-state index >= 15 is 0 Å². The third kappa shape index (κ3) is 4.36. The Bertz CT molecular complexity index is 1220. The van der Waals surface area contributed by atoms with Crippen LogP contribution in [0.25, 0.3) is 0 Å². The number of halogens is 2. The Morgan fingerprint density at radius 3 is 2.24 bits per heavy atom. The molecule has 0 saturated heterocycles. The van der Waals surface area contributed by atoms with Crippen molar-refractivity contribution in [1.82, 2.24) is 4.90 Å². The van der Waals surface area contributed by atoms with Crippen molar-refractivity contribution in [2.24, 2.45) is 0 Å². The first-order chi connectivity index (χ1) is 16.4. The Morgan fingerprint density at radius 1 is 1.00 bits per heavy atom. The number of benzene rings is 3. The molecule has 0 spiro atoms. The molecule has 0 saturated carbocycles. The number of nitrogens with one attached hydrogen (secondary N) is 1. The first-order valence-corrected chi connectivity index (χ1v) is 10.7. The number of methoxy groups -OCH3 is 3. The Balaban J connectivity index is 1.90. The normalized spacial score (nSPS) is 15.1. The van der Waals surface area contributed by atoms with Gasteiger partial charge in [0.15, 0.2) is 11.5 Å². The van der Waals surface area contributed by atoms with Crippen LogP contribution in [0.5, 0.6) is 17.2 Å². The summed E-state index contributed by atoms with van der Waals surface area (Å²) in [5.74, 6) is -0.328. The number of ether oxygens (including phenoxy) is 3. The molecule has 1 atom stereocenters. The molecule has 9 heteroatoms. The molecule has 3 aromatic carbocycles. The van der Waals surface area contributed by atoms with Gasteiger partial charge >= 0.3 is 0 Å². The second-order valence-electron chi connectivity index (χ2n) is 7.58. The fourth-order valence-electron chi connectivity index (χ4n) is 4.04. The Labute approximate surface area is 201 Å². The summed E-state index contributed by atoms with van der Waals surface area (Å²) in [6.07, 6.45) is 0. The van der Waals surface area contributed by atoms with Gasteiger partial charge in [-0.25, -0.2) is 4.39 Å². The van der Waals surface area contributed by atoms with Crippen LogP contribution >= 0.6 is 11.6 Å². The summed E-state index contributed by atoms with van der Waals surface area (Å²) in [7, 11) is 4.36. The summed E-state index contributed by atoms with van der Waals surface area (Å²) in [5.41, 5.74) is 1.96. The fourth-order valence-corrected chi connectivity index (χ4v) is 4.22. The van der Waals surface area contributed by atoms with Crippen LogP contribution < -0.4 is 19.5 Å². The zero-order valence-corrected chi connectivity index (χ0v) is 19.5. The molecule has 3 aromatic rings. The number of hydrogen-bond acceptors (Lipinski definition) is 5. The summed E-state index contributed by atoms with van der Waals surface area (Å²) in [4.78, 5) is 28.1. The molecular weight excluding hydrogens is 463 g/mol. The first-order valence-electron chi connectivity index (χ1n) is 10.3. The molecule has 0 aromatic heterocycles. The second kappa shape index (κ2) is 9.61. The van der Waals surface area contributed by atoms with Crippen molar-refractivity contribution < 1.29 is 28.2 Å². The van der Waals surface area contributed by atoms with E-state index in [0.29, 0.717) is 39.1 Å². The van der Waals surface area contributed by atoms with Crippen molar-refractivity contribution in [3.63, 3.8) is 0 Å². The second-order valence-corrected chi connectivity index (χ2v) is 8.02. The van der Waals surface area contributed by atoms with Gasteiger partial charge in [0.05, 0.1) is 27.4 Å². The molecule has 176 valence electrons. The lowest BCUT2D eigenvalue weighted by molar-refractivity contribution is -0.117. The van der Waals surface area contributed by atoms with Crippen molar-refractivity contribution in [3.05, 3.63) is 82.1 Å². The number of carbonyl (C=O) groups excluding carboxylic acids is 2. The van der Waals surface area contributed by atoms with Crippen LogP contribution in [0.3, 0.4) is 0 Å². The lowest BCUT2D eigenvalue weighted by atomic mass is 9.95. The van der Waals surface area contributed by atoms with Crippen molar-refractivity contribution in [2.45, 2.75) is 6.04 Å². The molecule has 4 rings (SSSR count). The molecule has 2 amide bonds. The van der Waals surface area contributed by atoms with E-state index in [2.05, 4.69) is 5.32 Å². The molecule has 0 aliphatic carbocycles. The molecule has 1 heterocycles. The van der Waals surface area contributed by atoms with Crippen LogP contribution in [0.15, 0.2) is 54.6 Å². The third-order valence-corrected chi connectivity index (χ3v) is 5.80. The number of fused-ring (bicyclic) bond motifs is 1. The van der Waals surface area contributed by atoms with Gasteiger partial charge < -0.3 is 24.4 Å². The number of nitrogens with zero attached hydrogens (tertiary/aromatic N) is 1. The molecule has 1 aliphatic rings. The van der Waals surface area contributed by atoms with Crippen LogP contribution in [0.1, 0.15) is 27.5 Å². The van der Waals surface area contributed by atoms with E-state index in [0.717, 1.165) is 0 Å². The number of rotatable bonds is 5. The smallest absolute Gasteiger partial charge is 0.255 e. The summed E-state index contributed by atoms with van der Waals surface area (Å²) in [5, 5.41) is 3.26. The molecule has 0 radical (unpaired) electrons. The minimum atomic E-state index is -0.722. The van der Waals surface area contributed by atoms with Gasteiger partial charge in [-0.3, -0.25) is 9.59 Å². The van der Waals surface area contributed by atoms with Crippen molar-refractivity contribution >= 4 is 29.1 Å². The zero-order valence-electron chi connectivity index (χ0n) is 18.7. The van der Waals surface area contributed by atoms with Crippen LogP contribution in [-0.2, 0) is 4.79 Å². The predicted molar refractivity (Wildman–Crippen MR) is 125 cm³/mol. The highest BCUT2D eigenvalue weighted by molar-refractivity contribution is 6.30. The van der Waals surface area contributed by atoms with E-state index < -0.39 is 17.8 Å². The predicted octanol–water partition coefficient (Wildman–Crippen LogP) is 4.69. The van der Waals surface area contributed by atoms with Gasteiger partial charge in [0.25, 0.3) is 5.91 Å². The minimum absolute atomic E-state index is 0.222. The summed E-state index contributed by atoms with van der Waals surface area (Å²) < 4.78 is 29.8. The first kappa shape index (κ1) is 23.4. The van der Waals surface area contributed by atoms with Crippen LogP contribution in [0.4, 0.5) is 10.1 Å². The lowest BCUT2D eigenvalue weighted by Gasteiger charge is -2.31. The average Bonchev–Trinajstić information content (AvgIpc) is 2.98. The number of amides is 2. The minimum Gasteiger partial charge on any atom is -0.493 e. The van der Waals surface area contributed by atoms with Crippen molar-refractivity contribution in [2.75, 3.05) is 33.2 Å². The van der Waals surface area contributed by atoms with Crippen molar-refractivity contribution in [1.29, 1.82) is 0 Å². The quantitative estimate of drug-likeness (QED) is 0.568. The number of hydrogen-bond donors (Lipinski definition) is 1. The molecule has 0 unspecified atom stereocenters. The maximum atomic E-state index is 13.9. The molecule has 7 nitrogen and oxygen atoms in total.